The van der Waals surface area contributed by atoms with Crippen molar-refractivity contribution in [3.63, 3.8) is 0 Å². The molecule has 1 aliphatic carbocycles. The molecule has 1 aliphatic rings. The van der Waals surface area contributed by atoms with Crippen LogP contribution in [0.25, 0.3) is 11.1 Å². The third kappa shape index (κ3) is 3.86. The zero-order chi connectivity index (χ0) is 19.7. The van der Waals surface area contributed by atoms with Crippen molar-refractivity contribution in [1.82, 2.24) is 15.5 Å². The number of aromatic nitrogens is 2. The minimum absolute atomic E-state index is 0.106. The Morgan fingerprint density at radius 3 is 2.71 bits per heavy atom. The molecule has 0 bridgehead atoms. The van der Waals surface area contributed by atoms with Gasteiger partial charge in [-0.1, -0.05) is 31.1 Å². The molecule has 1 aromatic carbocycles. The van der Waals surface area contributed by atoms with Crippen molar-refractivity contribution < 1.29 is 14.4 Å². The van der Waals surface area contributed by atoms with Crippen LogP contribution in [0.15, 0.2) is 34.9 Å². The Bertz CT molecular complexity index is 988. The predicted molar refractivity (Wildman–Crippen MR) is 107 cm³/mol. The highest BCUT2D eigenvalue weighted by molar-refractivity contribution is 6.06. The second-order valence-electron chi connectivity index (χ2n) is 7.80. The van der Waals surface area contributed by atoms with Gasteiger partial charge in [-0.25, -0.2) is 4.98 Å². The van der Waals surface area contributed by atoms with Gasteiger partial charge in [0, 0.05) is 18.2 Å². The van der Waals surface area contributed by atoms with Crippen molar-refractivity contribution in [2.45, 2.75) is 51.4 Å². The average Bonchev–Trinajstić information content (AvgIpc) is 3.44. The molecule has 0 aliphatic heterocycles. The number of nitrogens with one attached hydrogen (secondary N) is 1. The number of amides is 1. The normalized spacial score (nSPS) is 14.0. The Morgan fingerprint density at radius 2 is 2.04 bits per heavy atom. The summed E-state index contributed by atoms with van der Waals surface area (Å²) in [6.45, 7) is 4.64. The van der Waals surface area contributed by atoms with Gasteiger partial charge in [-0.2, -0.15) is 0 Å². The zero-order valence-electron chi connectivity index (χ0n) is 16.2. The molecule has 0 atom stereocenters. The van der Waals surface area contributed by atoms with Crippen molar-refractivity contribution in [1.29, 1.82) is 0 Å². The van der Waals surface area contributed by atoms with Gasteiger partial charge in [-0.3, -0.25) is 4.79 Å². The Morgan fingerprint density at radius 1 is 1.29 bits per heavy atom. The molecule has 0 saturated heterocycles. The van der Waals surface area contributed by atoms with Crippen molar-refractivity contribution in [3.05, 3.63) is 52.8 Å². The van der Waals surface area contributed by atoms with Gasteiger partial charge in [0.2, 0.25) is 0 Å². The van der Waals surface area contributed by atoms with Crippen LogP contribution in [0.3, 0.4) is 0 Å². The smallest absolute Gasteiger partial charge is 0.259 e. The summed E-state index contributed by atoms with van der Waals surface area (Å²) in [7, 11) is 0. The van der Waals surface area contributed by atoms with Crippen molar-refractivity contribution in [3.8, 4) is 5.75 Å². The topological polar surface area (TPSA) is 88.2 Å². The maximum atomic E-state index is 12.9. The van der Waals surface area contributed by atoms with E-state index in [9.17, 15) is 9.90 Å². The van der Waals surface area contributed by atoms with Crippen LogP contribution in [0.1, 0.15) is 72.3 Å². The van der Waals surface area contributed by atoms with Crippen molar-refractivity contribution in [2.24, 2.45) is 0 Å². The molecule has 4 rings (SSSR count). The SMILES string of the molecule is CC(C)c1noc2nc(C3CC3)cc(C(=O)NCCCc3ccc(O)cc3)c12. The minimum atomic E-state index is -0.106. The zero-order valence-corrected chi connectivity index (χ0v) is 16.2. The summed E-state index contributed by atoms with van der Waals surface area (Å²) in [4.78, 5) is 17.5. The fourth-order valence-corrected chi connectivity index (χ4v) is 3.41. The van der Waals surface area contributed by atoms with Gasteiger partial charge in [0.05, 0.1) is 16.6 Å². The number of phenolic OH excluding ortho intramolecular Hbond substituents is 1. The molecule has 146 valence electrons. The third-order valence-electron chi connectivity index (χ3n) is 5.14. The van der Waals surface area contributed by atoms with Crippen molar-refractivity contribution >= 4 is 17.0 Å². The van der Waals surface area contributed by atoms with E-state index in [2.05, 4.69) is 15.5 Å². The lowest BCUT2D eigenvalue weighted by Crippen LogP contribution is -2.25. The average molecular weight is 379 g/mol. The highest BCUT2D eigenvalue weighted by Gasteiger charge is 2.29. The van der Waals surface area contributed by atoms with E-state index in [-0.39, 0.29) is 17.6 Å². The number of fused-ring (bicyclic) bond motifs is 1. The Kier molecular flexibility index (Phi) is 5.03. The standard InChI is InChI=1S/C22H25N3O3/c1-13(2)20-19-17(12-18(15-7-8-15)24-22(19)28-25-20)21(27)23-11-3-4-14-5-9-16(26)10-6-14/h5-6,9-10,12-13,15,26H,3-4,7-8,11H2,1-2H3,(H,23,27). The van der Waals surface area contributed by atoms with Crippen LogP contribution in [-0.4, -0.2) is 27.7 Å². The first-order chi connectivity index (χ1) is 13.5. The van der Waals surface area contributed by atoms with E-state index >= 15 is 0 Å². The van der Waals surface area contributed by atoms with Crippen LogP contribution in [0.5, 0.6) is 5.75 Å². The van der Waals surface area contributed by atoms with Gasteiger partial charge in [0.25, 0.3) is 11.6 Å². The highest BCUT2D eigenvalue weighted by Crippen LogP contribution is 2.41. The molecule has 6 heteroatoms. The fourth-order valence-electron chi connectivity index (χ4n) is 3.41. The molecule has 2 heterocycles. The number of rotatable bonds is 7. The van der Waals surface area contributed by atoms with Gasteiger partial charge in [0.1, 0.15) is 5.75 Å². The fraction of sp³-hybridized carbons (Fsp3) is 0.409. The van der Waals surface area contributed by atoms with E-state index in [1.165, 1.54) is 0 Å². The van der Waals surface area contributed by atoms with E-state index in [1.54, 1.807) is 12.1 Å². The lowest BCUT2D eigenvalue weighted by Gasteiger charge is -2.09. The number of aromatic hydroxyl groups is 1. The Hall–Kier alpha value is -2.89. The maximum absolute atomic E-state index is 12.9. The quantitative estimate of drug-likeness (QED) is 0.598. The third-order valence-corrected chi connectivity index (χ3v) is 5.14. The highest BCUT2D eigenvalue weighted by atomic mass is 16.5. The molecule has 1 saturated carbocycles. The number of phenols is 1. The molecule has 1 amide bonds. The van der Waals surface area contributed by atoms with E-state index in [1.807, 2.05) is 32.0 Å². The molecule has 0 radical (unpaired) electrons. The second kappa shape index (κ2) is 7.62. The molecule has 0 spiro atoms. The first-order valence-corrected chi connectivity index (χ1v) is 9.89. The number of nitrogens with zero attached hydrogens (tertiary/aromatic N) is 2. The lowest BCUT2D eigenvalue weighted by molar-refractivity contribution is 0.0954. The van der Waals surface area contributed by atoms with Crippen molar-refractivity contribution in [2.75, 3.05) is 6.54 Å². The molecular weight excluding hydrogens is 354 g/mol. The first-order valence-electron chi connectivity index (χ1n) is 9.89. The van der Waals surface area contributed by atoms with Crippen LogP contribution in [0.2, 0.25) is 0 Å². The number of hydrogen-bond acceptors (Lipinski definition) is 5. The predicted octanol–water partition coefficient (Wildman–Crippen LogP) is 4.29. The molecule has 3 aromatic rings. The van der Waals surface area contributed by atoms with E-state index in [0.29, 0.717) is 23.7 Å². The van der Waals surface area contributed by atoms with Crippen LogP contribution in [0.4, 0.5) is 0 Å². The van der Waals surface area contributed by atoms with Crippen LogP contribution >= 0.6 is 0 Å². The van der Waals surface area contributed by atoms with Gasteiger partial charge in [-0.05, 0) is 55.4 Å². The summed E-state index contributed by atoms with van der Waals surface area (Å²) >= 11 is 0. The summed E-state index contributed by atoms with van der Waals surface area (Å²) in [5, 5.41) is 17.3. The molecule has 28 heavy (non-hydrogen) atoms. The lowest BCUT2D eigenvalue weighted by atomic mass is 10.0. The van der Waals surface area contributed by atoms with E-state index in [4.69, 9.17) is 4.52 Å². The number of hydrogen-bond donors (Lipinski definition) is 2. The minimum Gasteiger partial charge on any atom is -0.508 e. The molecule has 1 fully saturated rings. The first kappa shape index (κ1) is 18.5. The van der Waals surface area contributed by atoms with Gasteiger partial charge in [0.15, 0.2) is 0 Å². The van der Waals surface area contributed by atoms with Crippen LogP contribution < -0.4 is 5.32 Å². The summed E-state index contributed by atoms with van der Waals surface area (Å²) in [6.07, 6.45) is 3.87. The molecule has 2 N–H and O–H groups in total. The molecular formula is C22H25N3O3. The summed E-state index contributed by atoms with van der Waals surface area (Å²) in [6, 6.07) is 9.08. The Balaban J connectivity index is 1.49. The van der Waals surface area contributed by atoms with Gasteiger partial charge >= 0.3 is 0 Å². The number of pyridine rings is 1. The van der Waals surface area contributed by atoms with Crippen LogP contribution in [0, 0.1) is 0 Å². The number of carbonyl (C=O) groups is 1. The summed E-state index contributed by atoms with van der Waals surface area (Å²) in [5.41, 5.74) is 3.91. The molecule has 6 nitrogen and oxygen atoms in total. The molecule has 0 unspecified atom stereocenters. The van der Waals surface area contributed by atoms with E-state index in [0.717, 1.165) is 48.0 Å². The monoisotopic (exact) mass is 379 g/mol. The largest absolute Gasteiger partial charge is 0.508 e. The number of carbonyl (C=O) groups excluding carboxylic acids is 1. The molecule has 2 aromatic heterocycles. The summed E-state index contributed by atoms with van der Waals surface area (Å²) < 4.78 is 5.45. The van der Waals surface area contributed by atoms with E-state index < -0.39 is 0 Å². The number of aryl methyl sites for hydroxylation is 1. The second-order valence-corrected chi connectivity index (χ2v) is 7.80. The Labute approximate surface area is 164 Å². The summed E-state index contributed by atoms with van der Waals surface area (Å²) in [5.74, 6) is 0.735. The number of benzene rings is 1. The van der Waals surface area contributed by atoms with Crippen LogP contribution in [-0.2, 0) is 6.42 Å². The van der Waals surface area contributed by atoms with Gasteiger partial charge < -0.3 is 14.9 Å². The van der Waals surface area contributed by atoms with Gasteiger partial charge in [-0.15, -0.1) is 0 Å². The maximum Gasteiger partial charge on any atom is 0.259 e.